The maximum atomic E-state index is 13.5. The Morgan fingerprint density at radius 3 is 2.21 bits per heavy atom. The summed E-state index contributed by atoms with van der Waals surface area (Å²) in [4.78, 5) is 31.7. The Labute approximate surface area is 244 Å². The zero-order valence-corrected chi connectivity index (χ0v) is 23.5. The van der Waals surface area contributed by atoms with Crippen molar-refractivity contribution in [3.8, 4) is 5.75 Å². The van der Waals surface area contributed by atoms with Crippen LogP contribution in [0.2, 0.25) is 0 Å². The third-order valence-electron chi connectivity index (χ3n) is 8.16. The molecule has 2 aliphatic rings. The second-order valence-electron chi connectivity index (χ2n) is 10.9. The first-order valence-corrected chi connectivity index (χ1v) is 14.3. The number of allylic oxidation sites excluding steroid dienone is 2. The molecule has 6 rings (SSSR count). The topological polar surface area (TPSA) is 102 Å². The molecule has 0 aliphatic heterocycles. The van der Waals surface area contributed by atoms with Crippen molar-refractivity contribution in [1.29, 1.82) is 0 Å². The SMILES string of the molecule is COc1cccc(N=C(CCc2noc3c2C(=O)CC(c2ccccc2)C3)C2=C(O)CC(c3ccccc3)CC2=O)c1. The largest absolute Gasteiger partial charge is 0.511 e. The normalized spacial score (nSPS) is 19.1. The molecule has 2 unspecified atom stereocenters. The first kappa shape index (κ1) is 27.4. The quantitative estimate of drug-likeness (QED) is 0.228. The van der Waals surface area contributed by atoms with Gasteiger partial charge in [0, 0.05) is 31.7 Å². The molecule has 0 bridgehead atoms. The smallest absolute Gasteiger partial charge is 0.168 e. The summed E-state index contributed by atoms with van der Waals surface area (Å²) >= 11 is 0. The monoisotopic (exact) mass is 560 g/mol. The van der Waals surface area contributed by atoms with Crippen LogP contribution >= 0.6 is 0 Å². The first-order chi connectivity index (χ1) is 20.5. The minimum atomic E-state index is -0.154. The van der Waals surface area contributed by atoms with Crippen LogP contribution in [-0.4, -0.2) is 34.7 Å². The molecule has 7 heteroatoms. The van der Waals surface area contributed by atoms with Crippen molar-refractivity contribution < 1.29 is 24.0 Å². The molecule has 42 heavy (non-hydrogen) atoms. The standard InChI is InChI=1S/C35H32N2O5/c1-41-27-14-8-13-26(21-27)36-28(34-30(38)17-24(18-31(34)39)22-9-4-2-5-10-22)15-16-29-35-32(40)19-25(20-33(35)42-37-29)23-11-6-3-7-12-23/h2-14,21,24-25,38H,15-20H2,1H3. The Morgan fingerprint density at radius 1 is 0.881 bits per heavy atom. The Morgan fingerprint density at radius 2 is 1.55 bits per heavy atom. The molecule has 0 radical (unpaired) electrons. The number of benzene rings is 3. The molecule has 1 N–H and O–H groups in total. The van der Waals surface area contributed by atoms with Gasteiger partial charge in [-0.1, -0.05) is 71.9 Å². The van der Waals surface area contributed by atoms with Crippen molar-refractivity contribution in [2.45, 2.75) is 50.4 Å². The van der Waals surface area contributed by atoms with E-state index in [0.717, 1.165) is 11.1 Å². The van der Waals surface area contributed by atoms with Crippen LogP contribution in [0.15, 0.2) is 106 Å². The summed E-state index contributed by atoms with van der Waals surface area (Å²) < 4.78 is 11.0. The fourth-order valence-corrected chi connectivity index (χ4v) is 6.06. The van der Waals surface area contributed by atoms with E-state index in [1.165, 1.54) is 0 Å². The van der Waals surface area contributed by atoms with Crippen molar-refractivity contribution in [3.05, 3.63) is 124 Å². The van der Waals surface area contributed by atoms with Crippen molar-refractivity contribution in [2.75, 3.05) is 7.11 Å². The fraction of sp³-hybridized carbons (Fsp3) is 0.257. The second kappa shape index (κ2) is 12.0. The molecular formula is C35H32N2O5. The van der Waals surface area contributed by atoms with Gasteiger partial charge in [-0.3, -0.25) is 14.6 Å². The highest BCUT2D eigenvalue weighted by Gasteiger charge is 2.34. The molecule has 2 aliphatic carbocycles. The summed E-state index contributed by atoms with van der Waals surface area (Å²) in [7, 11) is 1.58. The molecule has 7 nitrogen and oxygen atoms in total. The van der Waals surface area contributed by atoms with Crippen molar-refractivity contribution >= 4 is 23.0 Å². The van der Waals surface area contributed by atoms with Crippen LogP contribution in [0.25, 0.3) is 0 Å². The third kappa shape index (κ3) is 5.68. The minimum Gasteiger partial charge on any atom is -0.511 e. The van der Waals surface area contributed by atoms with Crippen molar-refractivity contribution in [3.63, 3.8) is 0 Å². The van der Waals surface area contributed by atoms with E-state index in [9.17, 15) is 14.7 Å². The highest BCUT2D eigenvalue weighted by molar-refractivity contribution is 6.24. The van der Waals surface area contributed by atoms with Crippen LogP contribution in [0.1, 0.15) is 70.5 Å². The number of aliphatic hydroxyl groups excluding tert-OH is 1. The number of fused-ring (bicyclic) bond motifs is 1. The van der Waals surface area contributed by atoms with Gasteiger partial charge in [0.1, 0.15) is 17.3 Å². The first-order valence-electron chi connectivity index (χ1n) is 14.3. The Balaban J connectivity index is 1.29. The number of Topliss-reactive ketones (excluding diaryl/α,β-unsaturated/α-hetero) is 2. The number of carbonyl (C=O) groups is 2. The van der Waals surface area contributed by atoms with Gasteiger partial charge in [-0.25, -0.2) is 0 Å². The molecule has 3 aromatic carbocycles. The molecule has 0 fully saturated rings. The predicted molar refractivity (Wildman–Crippen MR) is 160 cm³/mol. The van der Waals surface area contributed by atoms with Crippen LogP contribution < -0.4 is 4.74 Å². The lowest BCUT2D eigenvalue weighted by molar-refractivity contribution is -0.116. The lowest BCUT2D eigenvalue weighted by Crippen LogP contribution is -2.24. The van der Waals surface area contributed by atoms with E-state index in [-0.39, 0.29) is 41.2 Å². The lowest BCUT2D eigenvalue weighted by Gasteiger charge is -2.24. The number of hydrogen-bond acceptors (Lipinski definition) is 7. The van der Waals surface area contributed by atoms with Crippen LogP contribution in [0, 0.1) is 0 Å². The van der Waals surface area contributed by atoms with E-state index in [1.54, 1.807) is 13.2 Å². The van der Waals surface area contributed by atoms with E-state index in [1.807, 2.05) is 78.9 Å². The van der Waals surface area contributed by atoms with Crippen LogP contribution in [0.4, 0.5) is 5.69 Å². The molecule has 0 spiro atoms. The summed E-state index contributed by atoms with van der Waals surface area (Å²) in [6.07, 6.45) is 2.26. The fourth-order valence-electron chi connectivity index (χ4n) is 6.06. The summed E-state index contributed by atoms with van der Waals surface area (Å²) in [6.45, 7) is 0. The molecule has 1 heterocycles. The number of aryl methyl sites for hydroxylation is 1. The molecule has 0 saturated heterocycles. The highest BCUT2D eigenvalue weighted by atomic mass is 16.5. The molecule has 0 amide bonds. The summed E-state index contributed by atoms with van der Waals surface area (Å²) in [5.41, 5.74) is 4.54. The number of aliphatic hydroxyl groups is 1. The van der Waals surface area contributed by atoms with Gasteiger partial charge >= 0.3 is 0 Å². The molecule has 0 saturated carbocycles. The van der Waals surface area contributed by atoms with Gasteiger partial charge in [0.25, 0.3) is 0 Å². The molecular weight excluding hydrogens is 528 g/mol. The molecule has 1 aromatic heterocycles. The van der Waals surface area contributed by atoms with Crippen molar-refractivity contribution in [2.24, 2.45) is 4.99 Å². The number of ketones is 2. The van der Waals surface area contributed by atoms with Gasteiger partial charge in [-0.2, -0.15) is 0 Å². The van der Waals surface area contributed by atoms with Gasteiger partial charge < -0.3 is 14.4 Å². The zero-order valence-electron chi connectivity index (χ0n) is 23.5. The number of nitrogens with zero attached hydrogens (tertiary/aromatic N) is 2. The maximum absolute atomic E-state index is 13.5. The van der Waals surface area contributed by atoms with Crippen LogP contribution in [0.5, 0.6) is 5.75 Å². The number of hydrogen-bond donors (Lipinski definition) is 1. The predicted octanol–water partition coefficient (Wildman–Crippen LogP) is 7.26. The molecule has 2 atom stereocenters. The number of rotatable bonds is 8. The van der Waals surface area contributed by atoms with Gasteiger partial charge in [0.05, 0.1) is 35.3 Å². The van der Waals surface area contributed by atoms with Gasteiger partial charge in [-0.15, -0.1) is 0 Å². The number of aliphatic imine (C=N–C) groups is 1. The average molecular weight is 561 g/mol. The van der Waals surface area contributed by atoms with E-state index < -0.39 is 0 Å². The number of aromatic nitrogens is 1. The summed E-state index contributed by atoms with van der Waals surface area (Å²) in [5, 5.41) is 15.5. The number of carbonyl (C=O) groups excluding carboxylic acids is 2. The molecule has 4 aromatic rings. The van der Waals surface area contributed by atoms with E-state index in [0.29, 0.717) is 66.3 Å². The van der Waals surface area contributed by atoms with E-state index in [2.05, 4.69) is 5.16 Å². The van der Waals surface area contributed by atoms with Gasteiger partial charge in [-0.05, 0) is 47.9 Å². The number of methoxy groups -OCH3 is 1. The Bertz CT molecular complexity index is 1670. The van der Waals surface area contributed by atoms with E-state index in [4.69, 9.17) is 14.3 Å². The minimum absolute atomic E-state index is 0.00847. The highest BCUT2D eigenvalue weighted by Crippen LogP contribution is 2.37. The van der Waals surface area contributed by atoms with Gasteiger partial charge in [0.15, 0.2) is 11.6 Å². The van der Waals surface area contributed by atoms with Crippen LogP contribution in [0.3, 0.4) is 0 Å². The zero-order chi connectivity index (χ0) is 29.1. The maximum Gasteiger partial charge on any atom is 0.168 e. The molecule has 212 valence electrons. The second-order valence-corrected chi connectivity index (χ2v) is 10.9. The Hall–Kier alpha value is -4.78. The van der Waals surface area contributed by atoms with E-state index >= 15 is 0 Å². The summed E-state index contributed by atoms with van der Waals surface area (Å²) in [5.74, 6) is 1.08. The van der Waals surface area contributed by atoms with Gasteiger partial charge in [0.2, 0.25) is 0 Å². The van der Waals surface area contributed by atoms with Crippen molar-refractivity contribution in [1.82, 2.24) is 5.16 Å². The third-order valence-corrected chi connectivity index (χ3v) is 8.16. The Kier molecular flexibility index (Phi) is 7.82. The lowest BCUT2D eigenvalue weighted by atomic mass is 9.80. The number of ether oxygens (including phenoxy) is 1. The van der Waals surface area contributed by atoms with Crippen LogP contribution in [-0.2, 0) is 17.6 Å². The average Bonchev–Trinajstić information content (AvgIpc) is 3.44. The summed E-state index contributed by atoms with van der Waals surface area (Å²) in [6, 6.07) is 27.0.